The average molecular weight is 279 g/mol. The number of carboxylic acids is 1. The quantitative estimate of drug-likeness (QED) is 0.306. The number of ketones is 1. The molecule has 0 aliphatic heterocycles. The molecule has 0 radical (unpaired) electrons. The minimum atomic E-state index is -1.90. The van der Waals surface area contributed by atoms with Crippen LogP contribution in [0, 0.1) is 0 Å². The number of hydrogen-bond donors (Lipinski definition) is 4. The third-order valence-electron chi connectivity index (χ3n) is 3.26. The second-order valence-corrected chi connectivity index (χ2v) is 4.75. The fourth-order valence-corrected chi connectivity index (χ4v) is 1.92. The van der Waals surface area contributed by atoms with Gasteiger partial charge in [0.25, 0.3) is 0 Å². The molecule has 20 heavy (non-hydrogen) atoms. The topological polar surface area (TPSA) is 132 Å². The van der Waals surface area contributed by atoms with E-state index in [0.29, 0.717) is 25.9 Å². The lowest BCUT2D eigenvalue weighted by molar-refractivity contribution is -0.141. The van der Waals surface area contributed by atoms with Crippen molar-refractivity contribution in [3.8, 4) is 0 Å². The van der Waals surface area contributed by atoms with Crippen LogP contribution in [-0.4, -0.2) is 28.9 Å². The molecular formula is C14H21N3O3. The van der Waals surface area contributed by atoms with Gasteiger partial charge in [-0.15, -0.1) is 0 Å². The van der Waals surface area contributed by atoms with Crippen molar-refractivity contribution in [1.29, 1.82) is 0 Å². The largest absolute Gasteiger partial charge is 0.480 e. The number of unbranched alkanes of at least 4 members (excludes halogenated alkanes) is 1. The van der Waals surface area contributed by atoms with Crippen molar-refractivity contribution in [3.05, 3.63) is 35.4 Å². The van der Waals surface area contributed by atoms with E-state index >= 15 is 0 Å². The molecule has 1 aromatic rings. The van der Waals surface area contributed by atoms with E-state index in [0.717, 1.165) is 5.56 Å². The van der Waals surface area contributed by atoms with Gasteiger partial charge in [-0.2, -0.15) is 0 Å². The number of nitrogens with two attached hydrogens (primary N) is 3. The van der Waals surface area contributed by atoms with E-state index in [1.807, 2.05) is 0 Å². The summed E-state index contributed by atoms with van der Waals surface area (Å²) in [5.74, 6) is -1.91. The van der Waals surface area contributed by atoms with Crippen molar-refractivity contribution in [2.24, 2.45) is 17.2 Å². The maximum Gasteiger partial charge on any atom is 0.331 e. The highest BCUT2D eigenvalue weighted by atomic mass is 16.4. The molecule has 1 aromatic carbocycles. The minimum Gasteiger partial charge on any atom is -0.480 e. The van der Waals surface area contributed by atoms with Crippen molar-refractivity contribution in [1.82, 2.24) is 0 Å². The molecule has 6 nitrogen and oxygen atoms in total. The number of carboxylic acid groups (broad SMARTS) is 1. The summed E-state index contributed by atoms with van der Waals surface area (Å²) in [7, 11) is 0. The van der Waals surface area contributed by atoms with E-state index in [1.165, 1.54) is 0 Å². The van der Waals surface area contributed by atoms with Crippen LogP contribution in [0.1, 0.15) is 35.2 Å². The van der Waals surface area contributed by atoms with E-state index in [4.69, 9.17) is 17.2 Å². The highest BCUT2D eigenvalue weighted by Crippen LogP contribution is 2.19. The predicted octanol–water partition coefficient (Wildman–Crippen LogP) is 0.239. The molecule has 0 bridgehead atoms. The Bertz CT molecular complexity index is 473. The monoisotopic (exact) mass is 279 g/mol. The van der Waals surface area contributed by atoms with Crippen molar-refractivity contribution in [2.75, 3.05) is 6.54 Å². The summed E-state index contributed by atoms with van der Waals surface area (Å²) in [6.07, 6.45) is 1.19. The molecule has 110 valence electrons. The van der Waals surface area contributed by atoms with Gasteiger partial charge in [0.15, 0.2) is 11.3 Å². The summed E-state index contributed by atoms with van der Waals surface area (Å²) < 4.78 is 0. The Morgan fingerprint density at radius 3 is 2.15 bits per heavy atom. The van der Waals surface area contributed by atoms with Crippen LogP contribution in [0.3, 0.4) is 0 Å². The second-order valence-electron chi connectivity index (χ2n) is 4.75. The highest BCUT2D eigenvalue weighted by Gasteiger charge is 2.41. The molecule has 0 heterocycles. The maximum atomic E-state index is 12.3. The molecule has 0 aromatic heterocycles. The average Bonchev–Trinajstić information content (AvgIpc) is 2.46. The van der Waals surface area contributed by atoms with Gasteiger partial charge in [0, 0.05) is 12.1 Å². The summed E-state index contributed by atoms with van der Waals surface area (Å²) in [6, 6.07) is 6.49. The number of carbonyl (C=O) groups excluding carboxylic acids is 1. The van der Waals surface area contributed by atoms with Gasteiger partial charge in [-0.1, -0.05) is 24.3 Å². The first-order valence-electron chi connectivity index (χ1n) is 6.52. The van der Waals surface area contributed by atoms with Crippen molar-refractivity contribution in [2.45, 2.75) is 31.3 Å². The molecule has 0 aliphatic rings. The lowest BCUT2D eigenvalue weighted by Gasteiger charge is -2.23. The van der Waals surface area contributed by atoms with Crippen molar-refractivity contribution < 1.29 is 14.7 Å². The van der Waals surface area contributed by atoms with Gasteiger partial charge in [0.05, 0.1) is 0 Å². The fraction of sp³-hybridized carbons (Fsp3) is 0.429. The van der Waals surface area contributed by atoms with Crippen LogP contribution in [0.15, 0.2) is 24.3 Å². The van der Waals surface area contributed by atoms with E-state index < -0.39 is 17.3 Å². The summed E-state index contributed by atoms with van der Waals surface area (Å²) in [5.41, 5.74) is 15.9. The van der Waals surface area contributed by atoms with Crippen LogP contribution in [0.2, 0.25) is 0 Å². The number of carbonyl (C=O) groups is 2. The lowest BCUT2D eigenvalue weighted by atomic mass is 9.85. The Hall–Kier alpha value is -1.76. The molecule has 6 heteroatoms. The minimum absolute atomic E-state index is 0.0665. The van der Waals surface area contributed by atoms with Gasteiger partial charge in [-0.05, 0) is 31.4 Å². The Balaban J connectivity index is 2.94. The standard InChI is InChI=1S/C14H21N3O3/c15-8-2-1-7-14(17,13(19)20)12(18)11-5-3-10(9-16)4-6-11/h3-6H,1-2,7-9,15-17H2,(H,19,20)/t14-/m1/s1. The third-order valence-corrected chi connectivity index (χ3v) is 3.26. The number of benzene rings is 1. The number of aliphatic carboxylic acids is 1. The lowest BCUT2D eigenvalue weighted by Crippen LogP contribution is -2.55. The Labute approximate surface area is 117 Å². The molecule has 0 unspecified atom stereocenters. The summed E-state index contributed by atoms with van der Waals surface area (Å²) >= 11 is 0. The van der Waals surface area contributed by atoms with Gasteiger partial charge in [-0.3, -0.25) is 4.79 Å². The predicted molar refractivity (Wildman–Crippen MR) is 76.1 cm³/mol. The first-order chi connectivity index (χ1) is 9.45. The van der Waals surface area contributed by atoms with E-state index in [9.17, 15) is 14.7 Å². The van der Waals surface area contributed by atoms with Crippen LogP contribution >= 0.6 is 0 Å². The fourth-order valence-electron chi connectivity index (χ4n) is 1.92. The van der Waals surface area contributed by atoms with Crippen LogP contribution in [0.5, 0.6) is 0 Å². The molecule has 1 rings (SSSR count). The van der Waals surface area contributed by atoms with Crippen LogP contribution in [0.25, 0.3) is 0 Å². The molecule has 0 fully saturated rings. The normalized spacial score (nSPS) is 13.8. The zero-order valence-electron chi connectivity index (χ0n) is 11.3. The maximum absolute atomic E-state index is 12.3. The molecule has 0 amide bonds. The van der Waals surface area contributed by atoms with Crippen molar-refractivity contribution >= 4 is 11.8 Å². The van der Waals surface area contributed by atoms with Crippen LogP contribution < -0.4 is 17.2 Å². The highest BCUT2D eigenvalue weighted by molar-refractivity contribution is 6.15. The molecule has 0 saturated carbocycles. The smallest absolute Gasteiger partial charge is 0.331 e. The molecule has 1 atom stereocenters. The second kappa shape index (κ2) is 7.14. The summed E-state index contributed by atoms with van der Waals surface area (Å²) in [6.45, 7) is 0.798. The summed E-state index contributed by atoms with van der Waals surface area (Å²) in [4.78, 5) is 23.7. The van der Waals surface area contributed by atoms with Crippen LogP contribution in [0.4, 0.5) is 0 Å². The molecule has 7 N–H and O–H groups in total. The molecular weight excluding hydrogens is 258 g/mol. The summed E-state index contributed by atoms with van der Waals surface area (Å²) in [5, 5.41) is 9.27. The van der Waals surface area contributed by atoms with E-state index in [-0.39, 0.29) is 12.0 Å². The van der Waals surface area contributed by atoms with Gasteiger partial charge >= 0.3 is 5.97 Å². The Kier molecular flexibility index (Phi) is 5.82. The zero-order valence-corrected chi connectivity index (χ0v) is 11.3. The van der Waals surface area contributed by atoms with Gasteiger partial charge < -0.3 is 22.3 Å². The SMILES string of the molecule is NCCCC[C@](N)(C(=O)O)C(=O)c1ccc(CN)cc1. The molecule has 0 aliphatic carbocycles. The van der Waals surface area contributed by atoms with Gasteiger partial charge in [0.1, 0.15) is 0 Å². The zero-order chi connectivity index (χ0) is 15.2. The first kappa shape index (κ1) is 16.3. The van der Waals surface area contributed by atoms with Gasteiger partial charge in [-0.25, -0.2) is 4.79 Å². The van der Waals surface area contributed by atoms with Crippen molar-refractivity contribution in [3.63, 3.8) is 0 Å². The number of rotatable bonds is 8. The third kappa shape index (κ3) is 3.63. The Morgan fingerprint density at radius 2 is 1.70 bits per heavy atom. The van der Waals surface area contributed by atoms with Gasteiger partial charge in [0.2, 0.25) is 0 Å². The molecule has 0 saturated heterocycles. The number of hydrogen-bond acceptors (Lipinski definition) is 5. The Morgan fingerprint density at radius 1 is 1.10 bits per heavy atom. The molecule has 0 spiro atoms. The van der Waals surface area contributed by atoms with E-state index in [1.54, 1.807) is 24.3 Å². The van der Waals surface area contributed by atoms with Crippen LogP contribution in [-0.2, 0) is 11.3 Å². The number of Topliss-reactive ketones (excluding diaryl/α,β-unsaturated/α-hetero) is 1. The van der Waals surface area contributed by atoms with E-state index in [2.05, 4.69) is 0 Å². The first-order valence-corrected chi connectivity index (χ1v) is 6.52.